The summed E-state index contributed by atoms with van der Waals surface area (Å²) in [5.74, 6) is -0.280. The molecule has 0 aliphatic rings. The number of carbonyl (C=O) groups is 2. The Balaban J connectivity index is 4.39. The van der Waals surface area contributed by atoms with Gasteiger partial charge in [0.25, 0.3) is 0 Å². The number of nitrogens with one attached hydrogen (secondary N) is 1. The van der Waals surface area contributed by atoms with Crippen LogP contribution in [0.2, 0.25) is 0 Å². The predicted molar refractivity (Wildman–Crippen MR) is 68.3 cm³/mol. The maximum atomic E-state index is 11.9. The first-order valence-electron chi connectivity index (χ1n) is 6.19. The van der Waals surface area contributed by atoms with Crippen LogP contribution < -0.4 is 11.1 Å². The normalized spacial score (nSPS) is 14.3. The standard InChI is InChI=1S/C12H25N3O2/c1-6-15(7-2)12(17)9(5)14-11(16)10(13)8(3)4/h8-10H,6-7,13H2,1-5H3,(H,14,16)/t9?,10-/m0/s1. The number of likely N-dealkylation sites (N-methyl/N-ethyl adjacent to an activating group) is 1. The van der Waals surface area contributed by atoms with Gasteiger partial charge in [0.15, 0.2) is 0 Å². The van der Waals surface area contributed by atoms with Crippen LogP contribution in [0.25, 0.3) is 0 Å². The molecule has 5 nitrogen and oxygen atoms in total. The van der Waals surface area contributed by atoms with E-state index in [9.17, 15) is 9.59 Å². The van der Waals surface area contributed by atoms with E-state index in [1.165, 1.54) is 0 Å². The molecule has 17 heavy (non-hydrogen) atoms. The third kappa shape index (κ3) is 4.73. The molecule has 0 spiro atoms. The molecule has 0 rings (SSSR count). The van der Waals surface area contributed by atoms with E-state index < -0.39 is 12.1 Å². The van der Waals surface area contributed by atoms with Crippen molar-refractivity contribution in [2.24, 2.45) is 11.7 Å². The number of rotatable bonds is 6. The van der Waals surface area contributed by atoms with Crippen molar-refractivity contribution in [1.29, 1.82) is 0 Å². The summed E-state index contributed by atoms with van der Waals surface area (Å²) in [7, 11) is 0. The minimum atomic E-state index is -0.568. The lowest BCUT2D eigenvalue weighted by atomic mass is 10.0. The van der Waals surface area contributed by atoms with Gasteiger partial charge in [0.2, 0.25) is 11.8 Å². The van der Waals surface area contributed by atoms with E-state index in [0.29, 0.717) is 13.1 Å². The Hall–Kier alpha value is -1.10. The fourth-order valence-corrected chi connectivity index (χ4v) is 1.48. The van der Waals surface area contributed by atoms with Crippen molar-refractivity contribution in [3.63, 3.8) is 0 Å². The van der Waals surface area contributed by atoms with Crippen LogP contribution in [0.1, 0.15) is 34.6 Å². The van der Waals surface area contributed by atoms with Crippen LogP contribution in [0.5, 0.6) is 0 Å². The number of hydrogen-bond acceptors (Lipinski definition) is 3. The summed E-state index contributed by atoms with van der Waals surface area (Å²) in [4.78, 5) is 25.3. The van der Waals surface area contributed by atoms with E-state index >= 15 is 0 Å². The summed E-state index contributed by atoms with van der Waals surface area (Å²) in [6.07, 6.45) is 0. The van der Waals surface area contributed by atoms with Crippen molar-refractivity contribution in [3.8, 4) is 0 Å². The maximum absolute atomic E-state index is 11.9. The zero-order valence-corrected chi connectivity index (χ0v) is 11.5. The van der Waals surface area contributed by atoms with Crippen molar-refractivity contribution in [3.05, 3.63) is 0 Å². The SMILES string of the molecule is CCN(CC)C(=O)C(C)NC(=O)[C@@H](N)C(C)C. The maximum Gasteiger partial charge on any atom is 0.244 e. The molecule has 0 aromatic heterocycles. The lowest BCUT2D eigenvalue weighted by Crippen LogP contribution is -2.52. The van der Waals surface area contributed by atoms with E-state index in [1.54, 1.807) is 11.8 Å². The molecule has 0 radical (unpaired) electrons. The van der Waals surface area contributed by atoms with Gasteiger partial charge in [0.05, 0.1) is 6.04 Å². The van der Waals surface area contributed by atoms with Crippen LogP contribution in [-0.2, 0) is 9.59 Å². The Morgan fingerprint density at radius 1 is 1.18 bits per heavy atom. The van der Waals surface area contributed by atoms with Crippen molar-refractivity contribution in [2.45, 2.75) is 46.7 Å². The summed E-state index contributed by atoms with van der Waals surface area (Å²) in [5, 5.41) is 2.65. The highest BCUT2D eigenvalue weighted by molar-refractivity contribution is 5.89. The molecule has 0 aromatic rings. The van der Waals surface area contributed by atoms with E-state index in [2.05, 4.69) is 5.32 Å². The molecule has 100 valence electrons. The topological polar surface area (TPSA) is 75.4 Å². The fourth-order valence-electron chi connectivity index (χ4n) is 1.48. The minimum Gasteiger partial charge on any atom is -0.343 e. The third-order valence-electron chi connectivity index (χ3n) is 2.83. The molecule has 0 saturated heterocycles. The van der Waals surface area contributed by atoms with Crippen molar-refractivity contribution in [1.82, 2.24) is 10.2 Å². The molecular formula is C12H25N3O2. The van der Waals surface area contributed by atoms with Crippen LogP contribution in [0, 0.1) is 5.92 Å². The molecule has 0 bridgehead atoms. The largest absolute Gasteiger partial charge is 0.343 e. The van der Waals surface area contributed by atoms with Crippen LogP contribution in [-0.4, -0.2) is 41.9 Å². The zero-order valence-electron chi connectivity index (χ0n) is 11.5. The van der Waals surface area contributed by atoms with Gasteiger partial charge in [-0.3, -0.25) is 9.59 Å². The summed E-state index contributed by atoms with van der Waals surface area (Å²) in [5.41, 5.74) is 5.71. The first-order chi connectivity index (χ1) is 7.84. The first kappa shape index (κ1) is 15.9. The second kappa shape index (κ2) is 7.27. The van der Waals surface area contributed by atoms with Crippen molar-refractivity contribution >= 4 is 11.8 Å². The Morgan fingerprint density at radius 3 is 2.00 bits per heavy atom. The second-order valence-electron chi connectivity index (χ2n) is 4.51. The van der Waals surface area contributed by atoms with E-state index in [1.807, 2.05) is 27.7 Å². The van der Waals surface area contributed by atoms with Crippen molar-refractivity contribution in [2.75, 3.05) is 13.1 Å². The van der Waals surface area contributed by atoms with Gasteiger partial charge in [0.1, 0.15) is 6.04 Å². The molecule has 1 unspecified atom stereocenters. The Labute approximate surface area is 104 Å². The number of nitrogens with two attached hydrogens (primary N) is 1. The smallest absolute Gasteiger partial charge is 0.244 e. The van der Waals surface area contributed by atoms with E-state index in [-0.39, 0.29) is 17.7 Å². The lowest BCUT2D eigenvalue weighted by molar-refractivity contribution is -0.136. The van der Waals surface area contributed by atoms with Crippen molar-refractivity contribution < 1.29 is 9.59 Å². The van der Waals surface area contributed by atoms with Crippen LogP contribution >= 0.6 is 0 Å². The summed E-state index contributed by atoms with van der Waals surface area (Å²) < 4.78 is 0. The van der Waals surface area contributed by atoms with Gasteiger partial charge < -0.3 is 16.0 Å². The van der Waals surface area contributed by atoms with Gasteiger partial charge in [0, 0.05) is 13.1 Å². The fraction of sp³-hybridized carbons (Fsp3) is 0.833. The molecule has 0 aliphatic carbocycles. The monoisotopic (exact) mass is 243 g/mol. The molecule has 2 atom stereocenters. The minimum absolute atomic E-state index is 0.0609. The molecule has 2 amide bonds. The quantitative estimate of drug-likeness (QED) is 0.706. The average Bonchev–Trinajstić information content (AvgIpc) is 2.28. The van der Waals surface area contributed by atoms with Gasteiger partial charge in [-0.2, -0.15) is 0 Å². The Morgan fingerprint density at radius 2 is 1.65 bits per heavy atom. The molecule has 5 heteroatoms. The first-order valence-corrected chi connectivity index (χ1v) is 6.19. The summed E-state index contributed by atoms with van der Waals surface area (Å²) in [6, 6.07) is -1.09. The number of hydrogen-bond donors (Lipinski definition) is 2. The highest BCUT2D eigenvalue weighted by Crippen LogP contribution is 2.00. The van der Waals surface area contributed by atoms with Gasteiger partial charge in [-0.25, -0.2) is 0 Å². The van der Waals surface area contributed by atoms with Crippen LogP contribution in [0.15, 0.2) is 0 Å². The zero-order chi connectivity index (χ0) is 13.6. The van der Waals surface area contributed by atoms with Gasteiger partial charge in [-0.05, 0) is 26.7 Å². The third-order valence-corrected chi connectivity index (χ3v) is 2.83. The number of carbonyl (C=O) groups excluding carboxylic acids is 2. The molecule has 3 N–H and O–H groups in total. The van der Waals surface area contributed by atoms with E-state index in [0.717, 1.165) is 0 Å². The summed E-state index contributed by atoms with van der Waals surface area (Å²) >= 11 is 0. The van der Waals surface area contributed by atoms with Gasteiger partial charge >= 0.3 is 0 Å². The molecule has 0 fully saturated rings. The predicted octanol–water partition coefficient (Wildman–Crippen LogP) is 0.343. The number of nitrogens with zero attached hydrogens (tertiary/aromatic N) is 1. The highest BCUT2D eigenvalue weighted by atomic mass is 16.2. The molecule has 0 saturated carbocycles. The number of amides is 2. The molecule has 0 heterocycles. The van der Waals surface area contributed by atoms with Gasteiger partial charge in [-0.1, -0.05) is 13.8 Å². The van der Waals surface area contributed by atoms with Crippen LogP contribution in [0.3, 0.4) is 0 Å². The second-order valence-corrected chi connectivity index (χ2v) is 4.51. The molecule has 0 aliphatic heterocycles. The van der Waals surface area contributed by atoms with Gasteiger partial charge in [-0.15, -0.1) is 0 Å². The highest BCUT2D eigenvalue weighted by Gasteiger charge is 2.23. The average molecular weight is 243 g/mol. The summed E-state index contributed by atoms with van der Waals surface area (Å²) in [6.45, 7) is 10.6. The Bertz CT molecular complexity index is 262. The molecular weight excluding hydrogens is 218 g/mol. The lowest BCUT2D eigenvalue weighted by Gasteiger charge is -2.25. The molecule has 0 aromatic carbocycles. The Kier molecular flexibility index (Phi) is 6.80. The van der Waals surface area contributed by atoms with E-state index in [4.69, 9.17) is 5.73 Å². The van der Waals surface area contributed by atoms with Crippen LogP contribution in [0.4, 0.5) is 0 Å².